The quantitative estimate of drug-likeness (QED) is 0.837. The van der Waals surface area contributed by atoms with E-state index in [9.17, 15) is 9.18 Å². The topological polar surface area (TPSA) is 41.4 Å². The Labute approximate surface area is 148 Å². The molecule has 2 heterocycles. The Morgan fingerprint density at radius 3 is 2.56 bits per heavy atom. The van der Waals surface area contributed by atoms with Crippen LogP contribution in [0.25, 0.3) is 0 Å². The van der Waals surface area contributed by atoms with Crippen molar-refractivity contribution in [3.63, 3.8) is 0 Å². The fourth-order valence-electron chi connectivity index (χ4n) is 3.09. The monoisotopic (exact) mass is 344 g/mol. The first kappa shape index (κ1) is 17.5. The number of fused-ring (bicyclic) bond motifs is 1. The first-order valence-electron chi connectivity index (χ1n) is 8.63. The maximum atomic E-state index is 13.4. The summed E-state index contributed by atoms with van der Waals surface area (Å²) in [4.78, 5) is 16.7. The normalized spacial score (nSPS) is 16.2. The van der Waals surface area contributed by atoms with E-state index < -0.39 is 6.17 Å². The molecule has 0 saturated carbocycles. The summed E-state index contributed by atoms with van der Waals surface area (Å²) in [5.41, 5.74) is 3.40. The first-order chi connectivity index (χ1) is 11.8. The molecule has 6 heteroatoms. The average molecular weight is 344 g/mol. The van der Waals surface area contributed by atoms with E-state index in [0.717, 1.165) is 16.9 Å². The van der Waals surface area contributed by atoms with Crippen molar-refractivity contribution in [1.29, 1.82) is 0 Å². The van der Waals surface area contributed by atoms with Crippen LogP contribution in [0.4, 0.5) is 10.1 Å². The van der Waals surface area contributed by atoms with Crippen LogP contribution >= 0.6 is 0 Å². The molecule has 0 radical (unpaired) electrons. The van der Waals surface area contributed by atoms with Crippen molar-refractivity contribution < 1.29 is 9.18 Å². The number of carbonyl (C=O) groups is 1. The van der Waals surface area contributed by atoms with Gasteiger partial charge in [0.25, 0.3) is 5.91 Å². The maximum absolute atomic E-state index is 13.4. The number of alkyl halides is 1. The van der Waals surface area contributed by atoms with Gasteiger partial charge < -0.3 is 9.80 Å². The van der Waals surface area contributed by atoms with Crippen molar-refractivity contribution in [3.8, 4) is 0 Å². The fraction of sp³-hybridized carbons (Fsp3) is 0.474. The Morgan fingerprint density at radius 2 is 2.00 bits per heavy atom. The lowest BCUT2D eigenvalue weighted by Gasteiger charge is -2.26. The number of amides is 1. The number of nitrogens with zero attached hydrogens (tertiary/aromatic N) is 4. The average Bonchev–Trinajstić information content (AvgIpc) is 3.09. The molecular weight excluding hydrogens is 319 g/mol. The van der Waals surface area contributed by atoms with Crippen LogP contribution in [0.15, 0.2) is 30.3 Å². The molecular formula is C19H25FN4O. The van der Waals surface area contributed by atoms with Crippen LogP contribution in [-0.2, 0) is 19.5 Å². The molecule has 0 aliphatic carbocycles. The van der Waals surface area contributed by atoms with E-state index in [0.29, 0.717) is 18.7 Å². The SMILES string of the molecule is CC(C)N(Cc1ccc(N(C)C)cc1)C(=O)c1cc2n(n1)CC(F)C2. The Morgan fingerprint density at radius 1 is 1.32 bits per heavy atom. The smallest absolute Gasteiger partial charge is 0.274 e. The first-order valence-corrected chi connectivity index (χ1v) is 8.63. The van der Waals surface area contributed by atoms with Crippen molar-refractivity contribution >= 4 is 11.6 Å². The molecule has 1 amide bonds. The molecule has 1 unspecified atom stereocenters. The number of aromatic nitrogens is 2. The van der Waals surface area contributed by atoms with Crippen LogP contribution in [0, 0.1) is 0 Å². The summed E-state index contributed by atoms with van der Waals surface area (Å²) >= 11 is 0. The summed E-state index contributed by atoms with van der Waals surface area (Å²) in [6, 6.07) is 9.95. The van der Waals surface area contributed by atoms with Crippen LogP contribution in [0.1, 0.15) is 35.6 Å². The lowest BCUT2D eigenvalue weighted by Crippen LogP contribution is -2.36. The van der Waals surface area contributed by atoms with E-state index in [1.54, 1.807) is 15.6 Å². The molecule has 0 saturated heterocycles. The minimum Gasteiger partial charge on any atom is -0.378 e. The predicted octanol–water partition coefficient (Wildman–Crippen LogP) is 2.89. The third-order valence-electron chi connectivity index (χ3n) is 4.57. The Kier molecular flexibility index (Phi) is 4.79. The van der Waals surface area contributed by atoms with Gasteiger partial charge in [0, 0.05) is 44.5 Å². The number of anilines is 1. The van der Waals surface area contributed by atoms with Gasteiger partial charge in [-0.2, -0.15) is 5.10 Å². The molecule has 1 aliphatic heterocycles. The molecule has 0 fully saturated rings. The zero-order chi connectivity index (χ0) is 18.1. The van der Waals surface area contributed by atoms with Gasteiger partial charge in [0.1, 0.15) is 6.17 Å². The highest BCUT2D eigenvalue weighted by Gasteiger charge is 2.27. The van der Waals surface area contributed by atoms with Gasteiger partial charge in [0.2, 0.25) is 0 Å². The molecule has 1 atom stereocenters. The Balaban J connectivity index is 1.76. The molecule has 0 spiro atoms. The Bertz CT molecular complexity index is 728. The largest absolute Gasteiger partial charge is 0.378 e. The number of hydrogen-bond donors (Lipinski definition) is 0. The van der Waals surface area contributed by atoms with Gasteiger partial charge in [-0.05, 0) is 37.6 Å². The van der Waals surface area contributed by atoms with Crippen molar-refractivity contribution in [1.82, 2.24) is 14.7 Å². The van der Waals surface area contributed by atoms with Crippen molar-refractivity contribution in [3.05, 3.63) is 47.3 Å². The highest BCUT2D eigenvalue weighted by atomic mass is 19.1. The molecule has 1 aromatic heterocycles. The zero-order valence-electron chi connectivity index (χ0n) is 15.2. The number of halogens is 1. The van der Waals surface area contributed by atoms with Crippen molar-refractivity contribution in [2.75, 3.05) is 19.0 Å². The van der Waals surface area contributed by atoms with Gasteiger partial charge in [-0.25, -0.2) is 4.39 Å². The number of carbonyl (C=O) groups excluding carboxylic acids is 1. The zero-order valence-corrected chi connectivity index (χ0v) is 15.2. The molecule has 1 aliphatic rings. The minimum absolute atomic E-state index is 0.0477. The molecule has 2 aromatic rings. The number of hydrogen-bond acceptors (Lipinski definition) is 3. The van der Waals surface area contributed by atoms with Gasteiger partial charge >= 0.3 is 0 Å². The summed E-state index contributed by atoms with van der Waals surface area (Å²) in [6.45, 7) is 4.76. The third kappa shape index (κ3) is 3.67. The van der Waals surface area contributed by atoms with E-state index in [2.05, 4.69) is 5.10 Å². The molecule has 3 rings (SSSR count). The maximum Gasteiger partial charge on any atom is 0.274 e. The summed E-state index contributed by atoms with van der Waals surface area (Å²) in [7, 11) is 4.00. The van der Waals surface area contributed by atoms with Gasteiger partial charge in [-0.1, -0.05) is 12.1 Å². The summed E-state index contributed by atoms with van der Waals surface area (Å²) in [5, 5.41) is 4.30. The van der Waals surface area contributed by atoms with Gasteiger partial charge in [-0.3, -0.25) is 9.48 Å². The summed E-state index contributed by atoms with van der Waals surface area (Å²) in [6.07, 6.45) is -0.545. The second-order valence-electron chi connectivity index (χ2n) is 7.09. The van der Waals surface area contributed by atoms with Gasteiger partial charge in [0.05, 0.1) is 6.54 Å². The van der Waals surface area contributed by atoms with Crippen LogP contribution in [0.3, 0.4) is 0 Å². The third-order valence-corrected chi connectivity index (χ3v) is 4.57. The van der Waals surface area contributed by atoms with Crippen LogP contribution in [-0.4, -0.2) is 46.9 Å². The fourth-order valence-corrected chi connectivity index (χ4v) is 3.09. The molecule has 1 aromatic carbocycles. The van der Waals surface area contributed by atoms with Crippen LogP contribution in [0.5, 0.6) is 0 Å². The van der Waals surface area contributed by atoms with Crippen molar-refractivity contribution in [2.45, 2.75) is 45.6 Å². The standard InChI is InChI=1S/C19H25FN4O/c1-13(2)23(11-14-5-7-16(8-6-14)22(3)4)19(25)18-10-17-9-15(20)12-24(17)21-18/h5-8,10,13,15H,9,11-12H2,1-4H3. The van der Waals surface area contributed by atoms with E-state index in [1.807, 2.05) is 57.1 Å². The van der Waals surface area contributed by atoms with Crippen LogP contribution < -0.4 is 4.90 Å². The molecule has 5 nitrogen and oxygen atoms in total. The second-order valence-corrected chi connectivity index (χ2v) is 7.09. The number of benzene rings is 1. The highest BCUT2D eigenvalue weighted by molar-refractivity contribution is 5.92. The Hall–Kier alpha value is -2.37. The van der Waals surface area contributed by atoms with E-state index in [-0.39, 0.29) is 18.5 Å². The second kappa shape index (κ2) is 6.86. The van der Waals surface area contributed by atoms with Gasteiger partial charge in [0.15, 0.2) is 5.69 Å². The lowest BCUT2D eigenvalue weighted by molar-refractivity contribution is 0.0683. The van der Waals surface area contributed by atoms with Crippen molar-refractivity contribution in [2.24, 2.45) is 0 Å². The minimum atomic E-state index is -0.886. The highest BCUT2D eigenvalue weighted by Crippen LogP contribution is 2.21. The molecule has 134 valence electrons. The lowest BCUT2D eigenvalue weighted by atomic mass is 10.1. The van der Waals surface area contributed by atoms with Crippen LogP contribution in [0.2, 0.25) is 0 Å². The molecule has 0 bridgehead atoms. The number of rotatable bonds is 5. The predicted molar refractivity (Wildman–Crippen MR) is 96.6 cm³/mol. The van der Waals surface area contributed by atoms with E-state index in [1.165, 1.54) is 0 Å². The molecule has 0 N–H and O–H groups in total. The summed E-state index contributed by atoms with van der Waals surface area (Å²) < 4.78 is 15.0. The summed E-state index contributed by atoms with van der Waals surface area (Å²) in [5.74, 6) is -0.107. The van der Waals surface area contributed by atoms with E-state index in [4.69, 9.17) is 0 Å². The van der Waals surface area contributed by atoms with Gasteiger partial charge in [-0.15, -0.1) is 0 Å². The molecule has 25 heavy (non-hydrogen) atoms. The van der Waals surface area contributed by atoms with E-state index >= 15 is 0 Å².